The first-order valence-corrected chi connectivity index (χ1v) is 2.93. The Morgan fingerprint density at radius 2 is 2.00 bits per heavy atom. The van der Waals surface area contributed by atoms with Gasteiger partial charge >= 0.3 is 0 Å². The molecule has 40 valence electrons. The van der Waals surface area contributed by atoms with Gasteiger partial charge in [-0.05, 0) is 6.16 Å². The first-order chi connectivity index (χ1) is 2.41. The van der Waals surface area contributed by atoms with E-state index in [1.807, 2.05) is 0 Å². The van der Waals surface area contributed by atoms with Crippen LogP contribution in [0.4, 0.5) is 0 Å². The van der Waals surface area contributed by atoms with Gasteiger partial charge in [-0.25, -0.2) is 0 Å². The summed E-state index contributed by atoms with van der Waals surface area (Å²) in [6.45, 7) is 2.20. The van der Waals surface area contributed by atoms with Gasteiger partial charge in [0.15, 0.2) is 0 Å². The molecule has 0 rings (SSSR count). The quantitative estimate of drug-likeness (QED) is 0.492. The number of rotatable bonds is 2. The summed E-state index contributed by atoms with van der Waals surface area (Å²) in [5.74, 6) is 0. The maximum absolute atomic E-state index is 2.70. The lowest BCUT2D eigenvalue weighted by Gasteiger charge is -1.79. The Hall–Kier alpha value is 0.780. The maximum Gasteiger partial charge on any atom is -0.0381 e. The molecule has 0 aromatic carbocycles. The Kier molecular flexibility index (Phi) is 15.3. The summed E-state index contributed by atoms with van der Waals surface area (Å²) >= 11 is 0. The van der Waals surface area contributed by atoms with Crippen molar-refractivity contribution in [2.45, 2.75) is 19.8 Å². The fourth-order valence-electron chi connectivity index (χ4n) is 0.204. The van der Waals surface area contributed by atoms with Crippen LogP contribution in [-0.4, -0.2) is 6.16 Å². The molecule has 0 fully saturated rings. The Balaban J connectivity index is 0. The third-order valence-corrected chi connectivity index (χ3v) is 0.966. The van der Waals surface area contributed by atoms with E-state index in [1.54, 1.807) is 0 Å². The summed E-state index contributed by atoms with van der Waals surface area (Å²) in [6.07, 6.45) is 3.94. The van der Waals surface area contributed by atoms with E-state index in [4.69, 9.17) is 0 Å². The van der Waals surface area contributed by atoms with Gasteiger partial charge < -0.3 is 0 Å². The van der Waals surface area contributed by atoms with Crippen LogP contribution in [0, 0.1) is 0 Å². The molecular formula is C4H13PS. The summed E-state index contributed by atoms with van der Waals surface area (Å²) in [5, 5.41) is 0. The molecule has 0 aliphatic rings. The smallest absolute Gasteiger partial charge is 0.0381 e. The molecule has 0 spiro atoms. The average Bonchev–Trinajstić information content (AvgIpc) is 1.41. The zero-order chi connectivity index (χ0) is 4.12. The van der Waals surface area contributed by atoms with Crippen molar-refractivity contribution in [3.63, 3.8) is 0 Å². The van der Waals surface area contributed by atoms with Crippen LogP contribution in [0.25, 0.3) is 0 Å². The normalized spacial score (nSPS) is 7.00. The third kappa shape index (κ3) is 8.84. The highest BCUT2D eigenvalue weighted by atomic mass is 32.1. The Morgan fingerprint density at radius 3 is 2.00 bits per heavy atom. The van der Waals surface area contributed by atoms with Crippen LogP contribution < -0.4 is 0 Å². The number of hydrogen-bond acceptors (Lipinski definition) is 0. The monoisotopic (exact) mass is 124 g/mol. The predicted octanol–water partition coefficient (Wildman–Crippen LogP) is 1.77. The highest BCUT2D eigenvalue weighted by Gasteiger charge is 1.68. The SMILES string of the molecule is CCCCP.S. The molecule has 0 aromatic heterocycles. The van der Waals surface area contributed by atoms with E-state index in [0.717, 1.165) is 0 Å². The number of unbranched alkanes of at least 4 members (excludes halogenated alkanes) is 1. The van der Waals surface area contributed by atoms with E-state index < -0.39 is 0 Å². The van der Waals surface area contributed by atoms with Crippen LogP contribution in [0.1, 0.15) is 19.8 Å². The van der Waals surface area contributed by atoms with Gasteiger partial charge in [-0.3, -0.25) is 0 Å². The fraction of sp³-hybridized carbons (Fsp3) is 1.00. The number of hydrogen-bond donors (Lipinski definition) is 0. The zero-order valence-corrected chi connectivity index (χ0v) is 6.35. The molecule has 0 aliphatic carbocycles. The first kappa shape index (κ1) is 9.91. The second-order valence-corrected chi connectivity index (χ2v) is 1.72. The molecule has 2 heteroatoms. The highest BCUT2D eigenvalue weighted by molar-refractivity contribution is 7.59. The minimum absolute atomic E-state index is 0. The molecule has 1 atom stereocenters. The second kappa shape index (κ2) is 9.24. The van der Waals surface area contributed by atoms with Crippen LogP contribution in [0.5, 0.6) is 0 Å². The molecule has 0 saturated heterocycles. The fourth-order valence-corrected chi connectivity index (χ4v) is 0.612. The summed E-state index contributed by atoms with van der Waals surface area (Å²) in [7, 11) is 2.70. The molecule has 0 aromatic rings. The lowest BCUT2D eigenvalue weighted by molar-refractivity contribution is 0.897. The molecular weight excluding hydrogens is 111 g/mol. The minimum atomic E-state index is 0. The van der Waals surface area contributed by atoms with E-state index in [1.165, 1.54) is 19.0 Å². The molecule has 0 saturated carbocycles. The van der Waals surface area contributed by atoms with Crippen LogP contribution >= 0.6 is 22.7 Å². The lowest BCUT2D eigenvalue weighted by atomic mass is 10.4. The summed E-state index contributed by atoms with van der Waals surface area (Å²) < 4.78 is 0. The van der Waals surface area contributed by atoms with Gasteiger partial charge in [0, 0.05) is 0 Å². The van der Waals surface area contributed by atoms with E-state index in [0.29, 0.717) is 0 Å². The third-order valence-electron chi connectivity index (χ3n) is 0.558. The Morgan fingerprint density at radius 1 is 1.50 bits per heavy atom. The lowest BCUT2D eigenvalue weighted by Crippen LogP contribution is -1.64. The van der Waals surface area contributed by atoms with Crippen molar-refractivity contribution in [3.05, 3.63) is 0 Å². The average molecular weight is 124 g/mol. The van der Waals surface area contributed by atoms with Crippen molar-refractivity contribution in [3.8, 4) is 0 Å². The van der Waals surface area contributed by atoms with E-state index in [-0.39, 0.29) is 13.5 Å². The van der Waals surface area contributed by atoms with Crippen LogP contribution in [0.2, 0.25) is 0 Å². The summed E-state index contributed by atoms with van der Waals surface area (Å²) in [5.41, 5.74) is 0. The second-order valence-electron chi connectivity index (χ2n) is 1.14. The molecule has 6 heavy (non-hydrogen) atoms. The first-order valence-electron chi connectivity index (χ1n) is 2.12. The van der Waals surface area contributed by atoms with Gasteiger partial charge in [0.2, 0.25) is 0 Å². The van der Waals surface area contributed by atoms with Gasteiger partial charge in [0.1, 0.15) is 0 Å². The molecule has 0 amide bonds. The van der Waals surface area contributed by atoms with E-state index in [9.17, 15) is 0 Å². The summed E-state index contributed by atoms with van der Waals surface area (Å²) in [6, 6.07) is 0. The highest BCUT2D eigenvalue weighted by Crippen LogP contribution is 1.89. The van der Waals surface area contributed by atoms with Crippen molar-refractivity contribution >= 4 is 22.7 Å². The van der Waals surface area contributed by atoms with Crippen molar-refractivity contribution < 1.29 is 0 Å². The Labute approximate surface area is 49.4 Å². The van der Waals surface area contributed by atoms with Crippen LogP contribution in [0.15, 0.2) is 0 Å². The molecule has 0 radical (unpaired) electrons. The molecule has 0 nitrogen and oxygen atoms in total. The van der Waals surface area contributed by atoms with Gasteiger partial charge in [0.25, 0.3) is 0 Å². The van der Waals surface area contributed by atoms with Crippen molar-refractivity contribution in [2.75, 3.05) is 6.16 Å². The van der Waals surface area contributed by atoms with Gasteiger partial charge in [-0.2, -0.15) is 13.5 Å². The largest absolute Gasteiger partial charge is 0.197 e. The topological polar surface area (TPSA) is 0 Å². The summed E-state index contributed by atoms with van der Waals surface area (Å²) in [4.78, 5) is 0. The molecule has 0 N–H and O–H groups in total. The molecule has 0 bridgehead atoms. The molecule has 0 aliphatic heterocycles. The zero-order valence-electron chi connectivity index (χ0n) is 4.20. The van der Waals surface area contributed by atoms with Gasteiger partial charge in [-0.1, -0.05) is 19.8 Å². The van der Waals surface area contributed by atoms with Crippen molar-refractivity contribution in [2.24, 2.45) is 0 Å². The maximum atomic E-state index is 2.70. The minimum Gasteiger partial charge on any atom is -0.197 e. The molecule has 0 heterocycles. The Bertz CT molecular complexity index is 15.0. The van der Waals surface area contributed by atoms with Crippen LogP contribution in [0.3, 0.4) is 0 Å². The van der Waals surface area contributed by atoms with E-state index in [2.05, 4.69) is 16.2 Å². The van der Waals surface area contributed by atoms with E-state index >= 15 is 0 Å². The standard InChI is InChI=1S/C4H11P.H2S/c1-2-3-4-5;/h2-5H2,1H3;1H2. The van der Waals surface area contributed by atoms with Gasteiger partial charge in [-0.15, -0.1) is 9.24 Å². The van der Waals surface area contributed by atoms with Crippen LogP contribution in [-0.2, 0) is 0 Å². The molecule has 1 unspecified atom stereocenters. The van der Waals surface area contributed by atoms with Gasteiger partial charge in [0.05, 0.1) is 0 Å². The van der Waals surface area contributed by atoms with Crippen molar-refractivity contribution in [1.82, 2.24) is 0 Å². The predicted molar refractivity (Wildman–Crippen MR) is 39.9 cm³/mol. The van der Waals surface area contributed by atoms with Crippen molar-refractivity contribution in [1.29, 1.82) is 0 Å².